The first-order valence-corrected chi connectivity index (χ1v) is 7.63. The fourth-order valence-corrected chi connectivity index (χ4v) is 2.19. The molecule has 0 aromatic heterocycles. The van der Waals surface area contributed by atoms with Crippen LogP contribution in [0.1, 0.15) is 11.1 Å². The first-order chi connectivity index (χ1) is 11.5. The Kier molecular flexibility index (Phi) is 7.86. The molecule has 0 aliphatic rings. The van der Waals surface area contributed by atoms with Crippen LogP contribution in [0.5, 0.6) is 0 Å². The summed E-state index contributed by atoms with van der Waals surface area (Å²) in [5, 5.41) is 23.9. The van der Waals surface area contributed by atoms with Crippen LogP contribution >= 0.6 is 31.9 Å². The number of halogens is 2. The number of nitriles is 2. The molecule has 10 heteroatoms. The molecule has 2 aromatic carbocycles. The van der Waals surface area contributed by atoms with Crippen LogP contribution in [-0.4, -0.2) is 0 Å². The Labute approximate surface area is 153 Å². The van der Waals surface area contributed by atoms with E-state index in [4.69, 9.17) is 21.6 Å². The van der Waals surface area contributed by atoms with E-state index in [1.807, 2.05) is 12.1 Å². The quantitative estimate of drug-likeness (QED) is 0.294. The Morgan fingerprint density at radius 1 is 0.792 bits per heavy atom. The van der Waals surface area contributed by atoms with Crippen molar-refractivity contribution in [2.75, 3.05) is 0 Å². The Hall–Kier alpha value is -3.00. The van der Waals surface area contributed by atoms with Gasteiger partial charge < -0.3 is 0 Å². The van der Waals surface area contributed by atoms with Gasteiger partial charge in [0, 0.05) is 18.8 Å². The van der Waals surface area contributed by atoms with E-state index in [1.165, 1.54) is 0 Å². The summed E-state index contributed by atoms with van der Waals surface area (Å²) < 4.78 is 1.58. The van der Waals surface area contributed by atoms with Crippen LogP contribution in [0.25, 0.3) is 20.9 Å². The Morgan fingerprint density at radius 2 is 1.17 bits per heavy atom. The molecule has 2 rings (SSSR count). The molecule has 0 saturated heterocycles. The molecule has 0 unspecified atom stereocenters. The topological polar surface area (TPSA) is 145 Å². The average Bonchev–Trinajstić information content (AvgIpc) is 2.59. The van der Waals surface area contributed by atoms with Gasteiger partial charge in [-0.25, -0.2) is 0 Å². The van der Waals surface area contributed by atoms with Crippen LogP contribution in [0.15, 0.2) is 55.6 Å². The first kappa shape index (κ1) is 19.0. The second-order valence-corrected chi connectivity index (χ2v) is 5.76. The molecule has 0 bridgehead atoms. The molecular weight excluding hydrogens is 440 g/mol. The highest BCUT2D eigenvalue weighted by molar-refractivity contribution is 9.10. The van der Waals surface area contributed by atoms with E-state index >= 15 is 0 Å². The third-order valence-electron chi connectivity index (χ3n) is 2.46. The van der Waals surface area contributed by atoms with E-state index in [0.29, 0.717) is 22.5 Å². The number of benzene rings is 2. The molecule has 0 atom stereocenters. The van der Waals surface area contributed by atoms with E-state index in [0.717, 1.165) is 8.95 Å². The molecule has 24 heavy (non-hydrogen) atoms. The van der Waals surface area contributed by atoms with Crippen LogP contribution in [0, 0.1) is 22.7 Å². The number of nitrogens with zero attached hydrogens (tertiary/aromatic N) is 8. The summed E-state index contributed by atoms with van der Waals surface area (Å²) in [5.41, 5.74) is 17.7. The summed E-state index contributed by atoms with van der Waals surface area (Å²) in [6, 6.07) is 13.7. The van der Waals surface area contributed by atoms with E-state index in [1.54, 1.807) is 36.4 Å². The van der Waals surface area contributed by atoms with Gasteiger partial charge in [0.25, 0.3) is 0 Å². The molecule has 116 valence electrons. The Morgan fingerprint density at radius 3 is 1.46 bits per heavy atom. The van der Waals surface area contributed by atoms with Gasteiger partial charge in [0.2, 0.25) is 0 Å². The van der Waals surface area contributed by atoms with Crippen molar-refractivity contribution in [3.05, 3.63) is 77.4 Å². The maximum Gasteiger partial charge on any atom is 0.0996 e. The van der Waals surface area contributed by atoms with Gasteiger partial charge in [0.1, 0.15) is 0 Å². The number of rotatable bonds is 2. The lowest BCUT2D eigenvalue weighted by atomic mass is 10.2. The number of hydrogen-bond acceptors (Lipinski definition) is 4. The minimum atomic E-state index is 0.350. The van der Waals surface area contributed by atoms with Crippen molar-refractivity contribution in [3.8, 4) is 12.1 Å². The monoisotopic (exact) mass is 444 g/mol. The highest BCUT2D eigenvalue weighted by Gasteiger charge is 1.99. The smallest absolute Gasteiger partial charge is 0.0996 e. The van der Waals surface area contributed by atoms with Gasteiger partial charge >= 0.3 is 0 Å². The summed E-state index contributed by atoms with van der Waals surface area (Å²) >= 11 is 6.40. The van der Waals surface area contributed by atoms with Crippen LogP contribution in [0.2, 0.25) is 0 Å². The summed E-state index contributed by atoms with van der Waals surface area (Å²) in [6.45, 7) is 0. The molecule has 0 amide bonds. The maximum atomic E-state index is 8.62. The van der Waals surface area contributed by atoms with Crippen molar-refractivity contribution in [3.63, 3.8) is 0 Å². The largest absolute Gasteiger partial charge is 0.192 e. The van der Waals surface area contributed by atoms with Gasteiger partial charge in [0.15, 0.2) is 0 Å². The van der Waals surface area contributed by atoms with Gasteiger partial charge in [-0.15, -0.1) is 0 Å². The lowest BCUT2D eigenvalue weighted by Crippen LogP contribution is -1.74. The first-order valence-electron chi connectivity index (χ1n) is 6.05. The zero-order chi connectivity index (χ0) is 17.9. The van der Waals surface area contributed by atoms with Crippen LogP contribution in [0.3, 0.4) is 0 Å². The lowest BCUT2D eigenvalue weighted by molar-refractivity contribution is 1.41. The van der Waals surface area contributed by atoms with Crippen molar-refractivity contribution in [2.24, 2.45) is 10.2 Å². The van der Waals surface area contributed by atoms with E-state index in [2.05, 4.69) is 51.9 Å². The second-order valence-electron chi connectivity index (χ2n) is 3.93. The summed E-state index contributed by atoms with van der Waals surface area (Å²) in [7, 11) is 0. The van der Waals surface area contributed by atoms with Crippen LogP contribution < -0.4 is 0 Å². The summed E-state index contributed by atoms with van der Waals surface area (Å²) in [6.07, 6.45) is 0. The lowest BCUT2D eigenvalue weighted by Gasteiger charge is -1.95. The molecule has 0 aliphatic heterocycles. The standard InChI is InChI=1S/2C7H3BrN4/c2*8-6-1-2-7(11-12-10)5(3-6)4-9/h2*1-3H. The predicted octanol–water partition coefficient (Wildman–Crippen LogP) is 6.53. The summed E-state index contributed by atoms with van der Waals surface area (Å²) in [5.74, 6) is 0. The molecule has 0 aliphatic carbocycles. The van der Waals surface area contributed by atoms with Gasteiger partial charge in [-0.3, -0.25) is 0 Å². The number of azide groups is 2. The third-order valence-corrected chi connectivity index (χ3v) is 3.45. The molecule has 2 aromatic rings. The highest BCUT2D eigenvalue weighted by Crippen LogP contribution is 2.23. The highest BCUT2D eigenvalue weighted by atomic mass is 79.9. The van der Waals surface area contributed by atoms with E-state index < -0.39 is 0 Å². The second kappa shape index (κ2) is 9.90. The van der Waals surface area contributed by atoms with E-state index in [9.17, 15) is 0 Å². The fourth-order valence-electron chi connectivity index (χ4n) is 1.47. The Balaban J connectivity index is 0.000000240. The Bertz CT molecular complexity index is 851. The van der Waals surface area contributed by atoms with Crippen molar-refractivity contribution in [2.45, 2.75) is 0 Å². The molecule has 0 radical (unpaired) electrons. The molecule has 0 N–H and O–H groups in total. The average molecular weight is 446 g/mol. The van der Waals surface area contributed by atoms with Gasteiger partial charge in [-0.2, -0.15) is 10.5 Å². The van der Waals surface area contributed by atoms with Crippen LogP contribution in [-0.2, 0) is 0 Å². The molecule has 0 fully saturated rings. The SMILES string of the molecule is N#Cc1cc(Br)ccc1N=[N+]=[N-].N#Cc1cc(Br)ccc1N=[N+]=[N-]. The maximum absolute atomic E-state index is 8.62. The zero-order valence-electron chi connectivity index (χ0n) is 11.8. The normalized spacial score (nSPS) is 8.33. The fraction of sp³-hybridized carbons (Fsp3) is 0. The molecule has 0 heterocycles. The molecule has 0 saturated carbocycles. The number of hydrogen-bond donors (Lipinski definition) is 0. The van der Waals surface area contributed by atoms with E-state index in [-0.39, 0.29) is 0 Å². The minimum Gasteiger partial charge on any atom is -0.192 e. The third kappa shape index (κ3) is 5.65. The van der Waals surface area contributed by atoms with Crippen LogP contribution in [0.4, 0.5) is 11.4 Å². The van der Waals surface area contributed by atoms with Crippen molar-refractivity contribution in [1.29, 1.82) is 10.5 Å². The summed E-state index contributed by atoms with van der Waals surface area (Å²) in [4.78, 5) is 5.21. The molecular formula is C14H6Br2N8. The molecule has 0 spiro atoms. The minimum absolute atomic E-state index is 0.350. The zero-order valence-corrected chi connectivity index (χ0v) is 15.0. The van der Waals surface area contributed by atoms with Gasteiger partial charge in [-0.1, -0.05) is 54.2 Å². The van der Waals surface area contributed by atoms with Crippen molar-refractivity contribution in [1.82, 2.24) is 0 Å². The van der Waals surface area contributed by atoms with Crippen molar-refractivity contribution >= 4 is 43.2 Å². The van der Waals surface area contributed by atoms with Gasteiger partial charge in [-0.05, 0) is 35.3 Å². The van der Waals surface area contributed by atoms with Gasteiger partial charge in [0.05, 0.1) is 34.6 Å². The predicted molar refractivity (Wildman–Crippen MR) is 95.3 cm³/mol. The molecule has 8 nitrogen and oxygen atoms in total. The van der Waals surface area contributed by atoms with Crippen molar-refractivity contribution < 1.29 is 0 Å².